The van der Waals surface area contributed by atoms with Crippen molar-refractivity contribution in [3.05, 3.63) is 138 Å². The lowest BCUT2D eigenvalue weighted by Gasteiger charge is -2.35. The summed E-state index contributed by atoms with van der Waals surface area (Å²) in [5.74, 6) is 5.09. The minimum Gasteiger partial charge on any atom is -0.458 e. The van der Waals surface area contributed by atoms with E-state index in [2.05, 4.69) is 189 Å². The number of benzene rings is 6. The Morgan fingerprint density at radius 2 is 1.09 bits per heavy atom. The number of aromatic nitrogens is 2. The molecule has 1 aromatic heterocycles. The number of nitrogens with zero attached hydrogens (tertiary/aromatic N) is 2. The molecule has 0 aliphatic carbocycles. The minimum atomic E-state index is -0.00881. The lowest BCUT2D eigenvalue weighted by molar-refractivity contribution is 0.464. The molecule has 2 aliphatic heterocycles. The van der Waals surface area contributed by atoms with Gasteiger partial charge in [0.05, 0.1) is 16.7 Å². The highest BCUT2D eigenvalue weighted by Gasteiger charge is 2.41. The Balaban J connectivity index is 1.27. The smallest absolute Gasteiger partial charge is 0.260 e. The summed E-state index contributed by atoms with van der Waals surface area (Å²) in [6, 6.07) is 42.0. The van der Waals surface area contributed by atoms with Gasteiger partial charge in [-0.25, -0.2) is 4.98 Å². The fourth-order valence-corrected chi connectivity index (χ4v) is 8.64. The summed E-state index contributed by atoms with van der Waals surface area (Å²) in [5, 5.41) is 0. The largest absolute Gasteiger partial charge is 0.458 e. The highest BCUT2D eigenvalue weighted by molar-refractivity contribution is 6.98. The molecule has 0 fully saturated rings. The number of imidazole rings is 1. The van der Waals surface area contributed by atoms with Crippen LogP contribution in [0.15, 0.2) is 115 Å². The highest BCUT2D eigenvalue weighted by atomic mass is 16.5. The zero-order valence-electron chi connectivity index (χ0n) is 34.4. The molecule has 0 saturated carbocycles. The van der Waals surface area contributed by atoms with Crippen molar-refractivity contribution in [2.45, 2.75) is 91.9 Å². The van der Waals surface area contributed by atoms with E-state index in [1.54, 1.807) is 0 Å². The molecule has 6 aromatic carbocycles. The van der Waals surface area contributed by atoms with Crippen LogP contribution in [0.2, 0.25) is 0 Å². The monoisotopic (exact) mass is 734 g/mol. The third kappa shape index (κ3) is 5.95. The topological polar surface area (TPSA) is 36.3 Å². The Morgan fingerprint density at radius 1 is 0.536 bits per heavy atom. The Morgan fingerprint density at radius 3 is 1.61 bits per heavy atom. The van der Waals surface area contributed by atoms with Gasteiger partial charge in [-0.3, -0.25) is 4.57 Å². The molecule has 56 heavy (non-hydrogen) atoms. The standard InChI is InChI=1S/C51H51BN2O2/c1-30(2)37-17-14-18-38(31(3)4)48(37)54-42-25-33(19-22-41(42)53-49(54)32-15-12-11-13-16-32)34-26-45-47-46(27-34)56-44-24-21-36(51(8,9)10)29-40(44)52(47)39-28-35(50(5,6)7)20-23-43(39)55-45/h11-31H,1-10H3. The number of hydrogen-bond acceptors (Lipinski definition) is 3. The van der Waals surface area contributed by atoms with Crippen LogP contribution in [0.1, 0.15) is 103 Å². The molecule has 0 unspecified atom stereocenters. The van der Waals surface area contributed by atoms with Crippen molar-refractivity contribution < 1.29 is 9.47 Å². The first kappa shape index (κ1) is 36.1. The lowest BCUT2D eigenvalue weighted by Crippen LogP contribution is -2.57. The molecular formula is C51H51BN2O2. The first-order chi connectivity index (χ1) is 26.7. The number of hydrogen-bond donors (Lipinski definition) is 0. The van der Waals surface area contributed by atoms with Gasteiger partial charge in [0, 0.05) is 11.0 Å². The van der Waals surface area contributed by atoms with Gasteiger partial charge in [0.15, 0.2) is 0 Å². The molecule has 280 valence electrons. The average Bonchev–Trinajstić information content (AvgIpc) is 3.55. The summed E-state index contributed by atoms with van der Waals surface area (Å²) in [4.78, 5) is 5.33. The molecule has 0 bridgehead atoms. The Labute approximate surface area is 332 Å². The van der Waals surface area contributed by atoms with Crippen molar-refractivity contribution in [3.63, 3.8) is 0 Å². The van der Waals surface area contributed by atoms with E-state index in [0.717, 1.165) is 62.0 Å². The van der Waals surface area contributed by atoms with Crippen LogP contribution in [0.5, 0.6) is 23.0 Å². The zero-order valence-corrected chi connectivity index (χ0v) is 34.4. The van der Waals surface area contributed by atoms with E-state index in [-0.39, 0.29) is 17.5 Å². The van der Waals surface area contributed by atoms with Crippen LogP contribution in [0.4, 0.5) is 0 Å². The molecule has 5 heteroatoms. The van der Waals surface area contributed by atoms with Gasteiger partial charge in [0.25, 0.3) is 6.71 Å². The van der Waals surface area contributed by atoms with Crippen LogP contribution >= 0.6 is 0 Å². The maximum Gasteiger partial charge on any atom is 0.260 e. The summed E-state index contributed by atoms with van der Waals surface area (Å²) >= 11 is 0. The zero-order chi connectivity index (χ0) is 39.3. The molecule has 0 N–H and O–H groups in total. The van der Waals surface area contributed by atoms with E-state index >= 15 is 0 Å². The lowest BCUT2D eigenvalue weighted by atomic mass is 9.34. The number of rotatable bonds is 5. The molecule has 0 atom stereocenters. The third-order valence-electron chi connectivity index (χ3n) is 11.8. The van der Waals surface area contributed by atoms with Gasteiger partial charge in [-0.05, 0) is 103 Å². The van der Waals surface area contributed by atoms with Crippen molar-refractivity contribution in [2.24, 2.45) is 0 Å². The molecule has 7 aromatic rings. The third-order valence-corrected chi connectivity index (χ3v) is 11.8. The van der Waals surface area contributed by atoms with Gasteiger partial charge in [0.2, 0.25) is 0 Å². The highest BCUT2D eigenvalue weighted by Crippen LogP contribution is 2.42. The fourth-order valence-electron chi connectivity index (χ4n) is 8.64. The average molecular weight is 735 g/mol. The second-order valence-electron chi connectivity index (χ2n) is 18.5. The molecule has 9 rings (SSSR count). The second-order valence-corrected chi connectivity index (χ2v) is 18.5. The number of para-hydroxylation sites is 1. The van der Waals surface area contributed by atoms with Gasteiger partial charge < -0.3 is 9.47 Å². The fraction of sp³-hybridized carbons (Fsp3) is 0.275. The molecule has 3 heterocycles. The predicted molar refractivity (Wildman–Crippen MR) is 235 cm³/mol. The van der Waals surface area contributed by atoms with Gasteiger partial charge in [0.1, 0.15) is 28.8 Å². The van der Waals surface area contributed by atoms with Gasteiger partial charge in [-0.1, -0.05) is 148 Å². The molecule has 0 saturated heterocycles. The predicted octanol–water partition coefficient (Wildman–Crippen LogP) is 11.9. The molecule has 2 aliphatic rings. The number of fused-ring (bicyclic) bond motifs is 5. The van der Waals surface area contributed by atoms with Crippen molar-refractivity contribution >= 4 is 34.1 Å². The van der Waals surface area contributed by atoms with E-state index < -0.39 is 0 Å². The van der Waals surface area contributed by atoms with Gasteiger partial charge in [-0.2, -0.15) is 0 Å². The van der Waals surface area contributed by atoms with E-state index in [0.29, 0.717) is 11.8 Å². The second kappa shape index (κ2) is 13.0. The van der Waals surface area contributed by atoms with Gasteiger partial charge in [-0.15, -0.1) is 0 Å². The van der Waals surface area contributed by atoms with Crippen LogP contribution < -0.4 is 25.9 Å². The molecule has 0 spiro atoms. The number of ether oxygens (including phenoxy) is 2. The van der Waals surface area contributed by atoms with Crippen LogP contribution in [0.3, 0.4) is 0 Å². The Hall–Kier alpha value is -5.55. The molecular weight excluding hydrogens is 683 g/mol. The summed E-state index contributed by atoms with van der Waals surface area (Å²) in [6.45, 7) is 22.8. The SMILES string of the molecule is CC(C)c1cccc(C(C)C)c1-n1c(-c2ccccc2)nc2ccc(-c3cc4c5c(c3)Oc3ccc(C(C)(C)C)cc3B5c3cc(C(C)(C)C)ccc3O4)cc21. The Kier molecular flexibility index (Phi) is 8.39. The summed E-state index contributed by atoms with van der Waals surface area (Å²) in [5.41, 5.74) is 15.2. The normalized spacial score (nSPS) is 13.4. The van der Waals surface area contributed by atoms with Crippen LogP contribution in [-0.4, -0.2) is 16.3 Å². The van der Waals surface area contributed by atoms with E-state index in [1.165, 1.54) is 38.9 Å². The first-order valence-electron chi connectivity index (χ1n) is 20.2. The van der Waals surface area contributed by atoms with Crippen molar-refractivity contribution in [3.8, 4) is 51.2 Å². The van der Waals surface area contributed by atoms with E-state index in [1.807, 2.05) is 0 Å². The first-order valence-corrected chi connectivity index (χ1v) is 20.2. The molecule has 4 nitrogen and oxygen atoms in total. The van der Waals surface area contributed by atoms with Crippen molar-refractivity contribution in [2.75, 3.05) is 0 Å². The summed E-state index contributed by atoms with van der Waals surface area (Å²) < 4.78 is 16.2. The van der Waals surface area contributed by atoms with E-state index in [4.69, 9.17) is 14.5 Å². The maximum atomic E-state index is 6.90. The summed E-state index contributed by atoms with van der Waals surface area (Å²) in [7, 11) is 0. The molecule has 0 radical (unpaired) electrons. The van der Waals surface area contributed by atoms with Gasteiger partial charge >= 0.3 is 0 Å². The quantitative estimate of drug-likeness (QED) is 0.165. The maximum absolute atomic E-state index is 6.90. The van der Waals surface area contributed by atoms with Crippen molar-refractivity contribution in [1.29, 1.82) is 0 Å². The minimum absolute atomic E-state index is 0.000404. The van der Waals surface area contributed by atoms with Crippen LogP contribution in [0.25, 0.3) is 39.2 Å². The van der Waals surface area contributed by atoms with Crippen LogP contribution in [0, 0.1) is 0 Å². The van der Waals surface area contributed by atoms with Crippen molar-refractivity contribution in [1.82, 2.24) is 9.55 Å². The summed E-state index contributed by atoms with van der Waals surface area (Å²) in [6.07, 6.45) is 0. The molecule has 0 amide bonds. The van der Waals surface area contributed by atoms with Crippen LogP contribution in [-0.2, 0) is 10.8 Å². The van der Waals surface area contributed by atoms with E-state index in [9.17, 15) is 0 Å². The Bertz CT molecular complexity index is 2560.